The van der Waals surface area contributed by atoms with E-state index in [2.05, 4.69) is 10.1 Å². The van der Waals surface area contributed by atoms with Crippen LogP contribution in [0.25, 0.3) is 22.5 Å². The van der Waals surface area contributed by atoms with Crippen LogP contribution in [0, 0.1) is 0 Å². The molecule has 0 fully saturated rings. The molecule has 0 saturated heterocycles. The lowest BCUT2D eigenvalue weighted by Gasteiger charge is -2.25. The van der Waals surface area contributed by atoms with Crippen LogP contribution in [-0.4, -0.2) is 45.2 Å². The Hall–Kier alpha value is -3.94. The third-order valence-electron chi connectivity index (χ3n) is 5.63. The topological polar surface area (TPSA) is 90.5 Å². The summed E-state index contributed by atoms with van der Waals surface area (Å²) in [5.41, 5.74) is 2.32. The summed E-state index contributed by atoms with van der Waals surface area (Å²) in [6.45, 7) is 5.52. The molecule has 0 aliphatic heterocycles. The van der Waals surface area contributed by atoms with E-state index in [1.807, 2.05) is 51.1 Å². The summed E-state index contributed by atoms with van der Waals surface area (Å²) in [5.74, 6) is -0.392. The van der Waals surface area contributed by atoms with Crippen LogP contribution in [0.2, 0.25) is 0 Å². The molecule has 3 heterocycles. The highest BCUT2D eigenvalue weighted by Crippen LogP contribution is 2.27. The van der Waals surface area contributed by atoms with Gasteiger partial charge in [0, 0.05) is 13.1 Å². The average Bonchev–Trinajstić information content (AvgIpc) is 3.51. The van der Waals surface area contributed by atoms with Gasteiger partial charge in [0.05, 0.1) is 29.5 Å². The van der Waals surface area contributed by atoms with E-state index in [0.29, 0.717) is 22.5 Å². The van der Waals surface area contributed by atoms with Crippen molar-refractivity contribution in [2.75, 3.05) is 13.7 Å². The number of fused-ring (bicyclic) bond motifs is 1. The number of ether oxygens (including phenoxy) is 1. The van der Waals surface area contributed by atoms with E-state index in [9.17, 15) is 9.59 Å². The molecule has 0 spiro atoms. The number of nitrogens with zero attached hydrogens (tertiary/aromatic N) is 4. The molecule has 1 atom stereocenters. The van der Waals surface area contributed by atoms with Gasteiger partial charge < -0.3 is 14.1 Å². The summed E-state index contributed by atoms with van der Waals surface area (Å²) in [6, 6.07) is 14.7. The Kier molecular flexibility index (Phi) is 6.26. The molecule has 4 rings (SSSR count). The van der Waals surface area contributed by atoms with Crippen LogP contribution in [0.5, 0.6) is 0 Å². The minimum Gasteiger partial charge on any atom is -0.463 e. The average molecular weight is 447 g/mol. The molecule has 1 amide bonds. The number of likely N-dealkylation sites (N-methyl/N-ethyl adjacent to an activating group) is 1. The minimum atomic E-state index is -0.618. The number of pyridine rings is 1. The zero-order valence-corrected chi connectivity index (χ0v) is 19.1. The molecule has 170 valence electrons. The minimum absolute atomic E-state index is 0.0421. The maximum Gasteiger partial charge on any atom is 0.339 e. The lowest BCUT2D eigenvalue weighted by molar-refractivity contribution is -0.135. The lowest BCUT2D eigenvalue weighted by atomic mass is 10.1. The van der Waals surface area contributed by atoms with Crippen molar-refractivity contribution < 1.29 is 18.7 Å². The Balaban J connectivity index is 1.57. The van der Waals surface area contributed by atoms with Crippen LogP contribution in [-0.2, 0) is 9.53 Å². The fourth-order valence-corrected chi connectivity index (χ4v) is 3.59. The van der Waals surface area contributed by atoms with Gasteiger partial charge >= 0.3 is 5.97 Å². The standard InChI is InChI=1S/C25H26N4O4/c1-16(2)29-24-20(14-26-29)19(13-21(27-24)22-11-8-12-32-22)25(31)33-15-23(30)28(4)17(3)18-9-6-5-7-10-18/h5-14,16-17H,15H2,1-4H3. The number of hydrogen-bond acceptors (Lipinski definition) is 6. The summed E-state index contributed by atoms with van der Waals surface area (Å²) in [4.78, 5) is 32.0. The van der Waals surface area contributed by atoms with Crippen LogP contribution in [0.1, 0.15) is 48.8 Å². The van der Waals surface area contributed by atoms with Crippen LogP contribution < -0.4 is 0 Å². The van der Waals surface area contributed by atoms with E-state index in [1.54, 1.807) is 47.3 Å². The van der Waals surface area contributed by atoms with Crippen molar-refractivity contribution >= 4 is 22.9 Å². The highest BCUT2D eigenvalue weighted by molar-refractivity contribution is 6.04. The van der Waals surface area contributed by atoms with Gasteiger partial charge in [-0.1, -0.05) is 30.3 Å². The van der Waals surface area contributed by atoms with Crippen molar-refractivity contribution in [3.8, 4) is 11.5 Å². The van der Waals surface area contributed by atoms with Crippen LogP contribution in [0.4, 0.5) is 0 Å². The molecule has 8 nitrogen and oxygen atoms in total. The largest absolute Gasteiger partial charge is 0.463 e. The van der Waals surface area contributed by atoms with E-state index < -0.39 is 5.97 Å². The summed E-state index contributed by atoms with van der Waals surface area (Å²) in [5, 5.41) is 4.94. The molecule has 0 aliphatic rings. The number of esters is 1. The molecule has 0 N–H and O–H groups in total. The van der Waals surface area contributed by atoms with Gasteiger partial charge in [0.15, 0.2) is 18.0 Å². The second-order valence-electron chi connectivity index (χ2n) is 8.12. The number of benzene rings is 1. The summed E-state index contributed by atoms with van der Waals surface area (Å²) in [6.07, 6.45) is 3.14. The third kappa shape index (κ3) is 4.50. The van der Waals surface area contributed by atoms with E-state index in [-0.39, 0.29) is 30.2 Å². The third-order valence-corrected chi connectivity index (χ3v) is 5.63. The first-order chi connectivity index (χ1) is 15.9. The molecule has 1 aromatic carbocycles. The molecule has 8 heteroatoms. The van der Waals surface area contributed by atoms with Gasteiger partial charge in [-0.05, 0) is 44.5 Å². The van der Waals surface area contributed by atoms with Crippen molar-refractivity contribution in [3.05, 3.63) is 72.1 Å². The first kappa shape index (κ1) is 22.3. The quantitative estimate of drug-likeness (QED) is 0.384. The highest BCUT2D eigenvalue weighted by Gasteiger charge is 2.23. The predicted molar refractivity (Wildman–Crippen MR) is 124 cm³/mol. The summed E-state index contributed by atoms with van der Waals surface area (Å²) in [7, 11) is 1.69. The molecule has 3 aromatic heterocycles. The molecule has 1 unspecified atom stereocenters. The van der Waals surface area contributed by atoms with Crippen LogP contribution in [0.3, 0.4) is 0 Å². The Labute approximate surface area is 191 Å². The van der Waals surface area contributed by atoms with Crippen LogP contribution >= 0.6 is 0 Å². The Bertz CT molecular complexity index is 1260. The fourth-order valence-electron chi connectivity index (χ4n) is 3.59. The van der Waals surface area contributed by atoms with Crippen molar-refractivity contribution in [2.45, 2.75) is 32.9 Å². The number of rotatable bonds is 7. The predicted octanol–water partition coefficient (Wildman–Crippen LogP) is 4.65. The van der Waals surface area contributed by atoms with Gasteiger partial charge in [-0.2, -0.15) is 5.10 Å². The molecule has 0 radical (unpaired) electrons. The second-order valence-corrected chi connectivity index (χ2v) is 8.12. The SMILES string of the molecule is CC(c1ccccc1)N(C)C(=O)COC(=O)c1cc(-c2ccco2)nc2c1cnn2C(C)C. The number of carbonyl (C=O) groups is 2. The molecular formula is C25H26N4O4. The molecule has 0 aliphatic carbocycles. The van der Waals surface area contributed by atoms with Gasteiger partial charge in [-0.15, -0.1) is 0 Å². The molecule has 4 aromatic rings. The van der Waals surface area contributed by atoms with Gasteiger partial charge in [0.25, 0.3) is 5.91 Å². The maximum absolute atomic E-state index is 13.0. The van der Waals surface area contributed by atoms with Gasteiger partial charge in [0.2, 0.25) is 0 Å². The van der Waals surface area contributed by atoms with Crippen molar-refractivity contribution in [3.63, 3.8) is 0 Å². The van der Waals surface area contributed by atoms with Crippen molar-refractivity contribution in [1.82, 2.24) is 19.7 Å². The van der Waals surface area contributed by atoms with Crippen molar-refractivity contribution in [1.29, 1.82) is 0 Å². The van der Waals surface area contributed by atoms with E-state index in [1.165, 1.54) is 0 Å². The van der Waals surface area contributed by atoms with Crippen molar-refractivity contribution in [2.24, 2.45) is 0 Å². The number of carbonyl (C=O) groups excluding carboxylic acids is 2. The number of amides is 1. The smallest absolute Gasteiger partial charge is 0.339 e. The van der Waals surface area contributed by atoms with Gasteiger partial charge in [-0.25, -0.2) is 14.5 Å². The van der Waals surface area contributed by atoms with E-state index >= 15 is 0 Å². The summed E-state index contributed by atoms with van der Waals surface area (Å²) >= 11 is 0. The number of aromatic nitrogens is 3. The zero-order valence-electron chi connectivity index (χ0n) is 19.1. The Morgan fingerprint density at radius 3 is 2.55 bits per heavy atom. The molecule has 0 saturated carbocycles. The first-order valence-electron chi connectivity index (χ1n) is 10.8. The fraction of sp³-hybridized carbons (Fsp3) is 0.280. The van der Waals surface area contributed by atoms with E-state index in [4.69, 9.17) is 9.15 Å². The second kappa shape index (κ2) is 9.28. The first-order valence-corrected chi connectivity index (χ1v) is 10.8. The van der Waals surface area contributed by atoms with E-state index in [0.717, 1.165) is 5.56 Å². The molecule has 0 bridgehead atoms. The van der Waals surface area contributed by atoms with Crippen LogP contribution in [0.15, 0.2) is 65.4 Å². The molecular weight excluding hydrogens is 420 g/mol. The number of hydrogen-bond donors (Lipinski definition) is 0. The zero-order chi connectivity index (χ0) is 23.5. The Morgan fingerprint density at radius 1 is 1.12 bits per heavy atom. The normalized spacial score (nSPS) is 12.2. The van der Waals surface area contributed by atoms with Gasteiger partial charge in [-0.3, -0.25) is 4.79 Å². The maximum atomic E-state index is 13.0. The number of furan rings is 1. The molecule has 33 heavy (non-hydrogen) atoms. The highest BCUT2D eigenvalue weighted by atomic mass is 16.5. The lowest BCUT2D eigenvalue weighted by Crippen LogP contribution is -2.33. The Morgan fingerprint density at radius 2 is 1.88 bits per heavy atom. The summed E-state index contributed by atoms with van der Waals surface area (Å²) < 4.78 is 12.6. The monoisotopic (exact) mass is 446 g/mol. The van der Waals surface area contributed by atoms with Gasteiger partial charge in [0.1, 0.15) is 5.69 Å².